The fraction of sp³-hybridized carbons (Fsp3) is 0.455. The van der Waals surface area contributed by atoms with E-state index in [2.05, 4.69) is 10.1 Å². The van der Waals surface area contributed by atoms with Crippen molar-refractivity contribution in [2.45, 2.75) is 17.5 Å². The third-order valence-corrected chi connectivity index (χ3v) is 5.27. The van der Waals surface area contributed by atoms with Crippen molar-refractivity contribution in [1.82, 2.24) is 9.62 Å². The van der Waals surface area contributed by atoms with E-state index in [0.717, 1.165) is 12.1 Å². The molecule has 1 N–H and O–H groups in total. The van der Waals surface area contributed by atoms with Gasteiger partial charge in [0.25, 0.3) is 0 Å². The van der Waals surface area contributed by atoms with Crippen LogP contribution >= 0.6 is 11.6 Å². The third-order valence-electron chi connectivity index (χ3n) is 3.07. The Hall–Kier alpha value is -0.960. The van der Waals surface area contributed by atoms with E-state index >= 15 is 0 Å². The maximum Gasteiger partial charge on any atom is 0.387 e. The fourth-order valence-corrected chi connectivity index (χ4v) is 3.40. The number of halogens is 3. The molecule has 5 nitrogen and oxygen atoms in total. The van der Waals surface area contributed by atoms with Crippen LogP contribution < -0.4 is 10.1 Å². The molecule has 9 heteroatoms. The van der Waals surface area contributed by atoms with Crippen LogP contribution in [0.1, 0.15) is 0 Å². The lowest BCUT2D eigenvalue weighted by atomic mass is 10.2. The molecule has 0 atom stereocenters. The molecule has 1 aromatic carbocycles. The minimum Gasteiger partial charge on any atom is -0.433 e. The van der Waals surface area contributed by atoms with Crippen LogP contribution in [0.4, 0.5) is 8.78 Å². The Balaban J connectivity index is 2.26. The number of likely N-dealkylation sites (N-methyl/N-ethyl adjacent to an activating group) is 1. The molecule has 112 valence electrons. The predicted molar refractivity (Wildman–Crippen MR) is 69.7 cm³/mol. The molecule has 1 aliphatic rings. The molecule has 0 saturated carbocycles. The average molecular weight is 327 g/mol. The van der Waals surface area contributed by atoms with Crippen molar-refractivity contribution < 1.29 is 21.9 Å². The Labute approximate surface area is 120 Å². The molecule has 0 radical (unpaired) electrons. The molecule has 1 fully saturated rings. The van der Waals surface area contributed by atoms with Crippen molar-refractivity contribution >= 4 is 21.6 Å². The molecular formula is C11H13ClF2N2O3S. The SMILES string of the molecule is CN(C1CNC1)S(=O)(=O)c1ccc(OC(F)F)c(Cl)c1. The summed E-state index contributed by atoms with van der Waals surface area (Å²) in [7, 11) is -2.23. The van der Waals surface area contributed by atoms with E-state index in [-0.39, 0.29) is 21.7 Å². The lowest BCUT2D eigenvalue weighted by Gasteiger charge is -2.34. The Morgan fingerprint density at radius 2 is 2.10 bits per heavy atom. The monoisotopic (exact) mass is 326 g/mol. The number of nitrogens with one attached hydrogen (secondary N) is 1. The highest BCUT2D eigenvalue weighted by Crippen LogP contribution is 2.30. The molecule has 0 bridgehead atoms. The summed E-state index contributed by atoms with van der Waals surface area (Å²) in [6.07, 6.45) is 0. The van der Waals surface area contributed by atoms with Gasteiger partial charge in [-0.05, 0) is 18.2 Å². The van der Waals surface area contributed by atoms with Crippen molar-refractivity contribution in [3.63, 3.8) is 0 Å². The van der Waals surface area contributed by atoms with Gasteiger partial charge in [-0.15, -0.1) is 0 Å². The highest BCUT2D eigenvalue weighted by Gasteiger charge is 2.32. The maximum atomic E-state index is 12.3. The number of rotatable bonds is 5. The van der Waals surface area contributed by atoms with Gasteiger partial charge in [0.05, 0.1) is 9.92 Å². The van der Waals surface area contributed by atoms with Gasteiger partial charge in [-0.3, -0.25) is 0 Å². The summed E-state index contributed by atoms with van der Waals surface area (Å²) in [6.45, 7) is -1.86. The zero-order valence-corrected chi connectivity index (χ0v) is 12.1. The van der Waals surface area contributed by atoms with Crippen LogP contribution in [-0.2, 0) is 10.0 Å². The van der Waals surface area contributed by atoms with Crippen molar-refractivity contribution in [2.24, 2.45) is 0 Å². The van der Waals surface area contributed by atoms with Gasteiger partial charge >= 0.3 is 6.61 Å². The summed E-state index contributed by atoms with van der Waals surface area (Å²) >= 11 is 5.76. The number of hydrogen-bond donors (Lipinski definition) is 1. The maximum absolute atomic E-state index is 12.3. The van der Waals surface area contributed by atoms with Gasteiger partial charge < -0.3 is 10.1 Å². The number of hydrogen-bond acceptors (Lipinski definition) is 4. The molecule has 0 aromatic heterocycles. The van der Waals surface area contributed by atoms with E-state index in [9.17, 15) is 17.2 Å². The Kier molecular flexibility index (Phi) is 4.48. The summed E-state index contributed by atoms with van der Waals surface area (Å²) in [5, 5.41) is 2.80. The molecule has 2 rings (SSSR count). The number of benzene rings is 1. The largest absolute Gasteiger partial charge is 0.433 e. The summed E-state index contributed by atoms with van der Waals surface area (Å²) in [5.74, 6) is -0.256. The number of ether oxygens (including phenoxy) is 1. The lowest BCUT2D eigenvalue weighted by molar-refractivity contribution is -0.0498. The van der Waals surface area contributed by atoms with Crippen molar-refractivity contribution in [3.05, 3.63) is 23.2 Å². The summed E-state index contributed by atoms with van der Waals surface area (Å²) in [4.78, 5) is -0.0569. The summed E-state index contributed by atoms with van der Waals surface area (Å²) in [6, 6.07) is 3.31. The number of nitrogens with zero attached hydrogens (tertiary/aromatic N) is 1. The fourth-order valence-electron chi connectivity index (χ4n) is 1.73. The van der Waals surface area contributed by atoms with Gasteiger partial charge in [-0.25, -0.2) is 8.42 Å². The third kappa shape index (κ3) is 3.03. The molecule has 0 unspecified atom stereocenters. The van der Waals surface area contributed by atoms with Gasteiger partial charge in [-0.2, -0.15) is 13.1 Å². The average Bonchev–Trinajstić information content (AvgIpc) is 2.28. The van der Waals surface area contributed by atoms with E-state index in [1.807, 2.05) is 0 Å². The first-order chi connectivity index (χ1) is 9.32. The predicted octanol–water partition coefficient (Wildman–Crippen LogP) is 1.53. The highest BCUT2D eigenvalue weighted by molar-refractivity contribution is 7.89. The molecule has 0 aliphatic carbocycles. The van der Waals surface area contributed by atoms with E-state index in [4.69, 9.17) is 11.6 Å². The molecule has 1 saturated heterocycles. The molecular weight excluding hydrogens is 314 g/mol. The normalized spacial score (nSPS) is 16.5. The van der Waals surface area contributed by atoms with Gasteiger partial charge in [0, 0.05) is 26.2 Å². The van der Waals surface area contributed by atoms with Crippen LogP contribution in [0.15, 0.2) is 23.1 Å². The first-order valence-corrected chi connectivity index (χ1v) is 7.57. The van der Waals surface area contributed by atoms with Gasteiger partial charge in [0.1, 0.15) is 5.75 Å². The Morgan fingerprint density at radius 1 is 1.45 bits per heavy atom. The van der Waals surface area contributed by atoms with Crippen LogP contribution in [0.3, 0.4) is 0 Å². The smallest absolute Gasteiger partial charge is 0.387 e. The van der Waals surface area contributed by atoms with Gasteiger partial charge in [0.2, 0.25) is 10.0 Å². The molecule has 1 aliphatic heterocycles. The van der Waals surface area contributed by atoms with Crippen LogP contribution in [0.5, 0.6) is 5.75 Å². The first-order valence-electron chi connectivity index (χ1n) is 5.75. The zero-order chi connectivity index (χ0) is 14.9. The minimum atomic E-state index is -3.70. The number of alkyl halides is 2. The topological polar surface area (TPSA) is 58.6 Å². The second-order valence-electron chi connectivity index (χ2n) is 4.30. The first kappa shape index (κ1) is 15.4. The van der Waals surface area contributed by atoms with E-state index in [1.165, 1.54) is 17.4 Å². The minimum absolute atomic E-state index is 0.0569. The van der Waals surface area contributed by atoms with Crippen LogP contribution in [0, 0.1) is 0 Å². The van der Waals surface area contributed by atoms with Crippen molar-refractivity contribution in [3.8, 4) is 5.75 Å². The summed E-state index contributed by atoms with van der Waals surface area (Å²) in [5.41, 5.74) is 0. The van der Waals surface area contributed by atoms with E-state index in [1.54, 1.807) is 0 Å². The van der Waals surface area contributed by atoms with Gasteiger partial charge in [-0.1, -0.05) is 11.6 Å². The zero-order valence-electron chi connectivity index (χ0n) is 10.5. The number of sulfonamides is 1. The molecule has 1 aromatic rings. The van der Waals surface area contributed by atoms with E-state index in [0.29, 0.717) is 13.1 Å². The van der Waals surface area contributed by atoms with Crippen LogP contribution in [0.2, 0.25) is 5.02 Å². The van der Waals surface area contributed by atoms with E-state index < -0.39 is 16.6 Å². The van der Waals surface area contributed by atoms with Crippen LogP contribution in [0.25, 0.3) is 0 Å². The molecule has 0 amide bonds. The molecule has 20 heavy (non-hydrogen) atoms. The molecule has 0 spiro atoms. The second kappa shape index (κ2) is 5.80. The van der Waals surface area contributed by atoms with Crippen molar-refractivity contribution in [2.75, 3.05) is 20.1 Å². The second-order valence-corrected chi connectivity index (χ2v) is 6.71. The molecule has 1 heterocycles. The Morgan fingerprint density at radius 3 is 2.55 bits per heavy atom. The van der Waals surface area contributed by atoms with Crippen LogP contribution in [-0.4, -0.2) is 45.5 Å². The van der Waals surface area contributed by atoms with Gasteiger partial charge in [0.15, 0.2) is 0 Å². The quantitative estimate of drug-likeness (QED) is 0.891. The highest BCUT2D eigenvalue weighted by atomic mass is 35.5. The summed E-state index contributed by atoms with van der Waals surface area (Å²) < 4.78 is 54.2. The van der Waals surface area contributed by atoms with Crippen molar-refractivity contribution in [1.29, 1.82) is 0 Å². The lowest BCUT2D eigenvalue weighted by Crippen LogP contribution is -2.57. The Bertz CT molecular complexity index is 593. The standard InChI is InChI=1S/C11H13ClF2N2O3S/c1-16(7-5-15-6-7)20(17,18)8-2-3-10(9(12)4-8)19-11(13)14/h2-4,7,11,15H,5-6H2,1H3.